The van der Waals surface area contributed by atoms with Crippen molar-refractivity contribution in [2.24, 2.45) is 0 Å². The summed E-state index contributed by atoms with van der Waals surface area (Å²) in [6, 6.07) is 0.0390. The van der Waals surface area contributed by atoms with Gasteiger partial charge in [-0.2, -0.15) is 0 Å². The van der Waals surface area contributed by atoms with Gasteiger partial charge in [-0.25, -0.2) is 4.98 Å². The molecule has 1 N–H and O–H groups in total. The van der Waals surface area contributed by atoms with Crippen LogP contribution in [0.1, 0.15) is 15.6 Å². The largest absolute Gasteiger partial charge is 0.390 e. The van der Waals surface area contributed by atoms with Crippen molar-refractivity contribution >= 4 is 17.2 Å². The molecule has 0 bridgehead atoms. The molecule has 1 aromatic rings. The average molecular weight is 325 g/mol. The van der Waals surface area contributed by atoms with Gasteiger partial charge in [0.2, 0.25) is 5.91 Å². The molecule has 0 radical (unpaired) electrons. The lowest BCUT2D eigenvalue weighted by Gasteiger charge is -2.33. The van der Waals surface area contributed by atoms with Crippen LogP contribution in [-0.4, -0.2) is 77.3 Å². The minimum atomic E-state index is -0.466. The predicted octanol–water partition coefficient (Wildman–Crippen LogP) is 0.206. The third kappa shape index (κ3) is 3.32. The summed E-state index contributed by atoms with van der Waals surface area (Å²) in [4.78, 5) is 21.9. The second-order valence-electron chi connectivity index (χ2n) is 6.00. The molecular formula is C15H23N3O3S. The van der Waals surface area contributed by atoms with Gasteiger partial charge in [0.1, 0.15) is 0 Å². The highest BCUT2D eigenvalue weighted by atomic mass is 32.1. The van der Waals surface area contributed by atoms with Crippen molar-refractivity contribution in [1.82, 2.24) is 14.8 Å². The molecule has 0 spiro atoms. The summed E-state index contributed by atoms with van der Waals surface area (Å²) in [7, 11) is 0. The fourth-order valence-electron chi connectivity index (χ4n) is 3.23. The number of β-amino-alcohol motifs (C(OH)–C–C–N with tert-alkyl or cyclic N) is 1. The Morgan fingerprint density at radius 3 is 2.73 bits per heavy atom. The maximum absolute atomic E-state index is 12.5. The van der Waals surface area contributed by atoms with Gasteiger partial charge in [0.05, 0.1) is 42.5 Å². The number of rotatable bonds is 3. The summed E-state index contributed by atoms with van der Waals surface area (Å²) in [5, 5.41) is 11.3. The van der Waals surface area contributed by atoms with Gasteiger partial charge < -0.3 is 14.7 Å². The van der Waals surface area contributed by atoms with E-state index in [1.165, 1.54) is 0 Å². The van der Waals surface area contributed by atoms with E-state index in [0.29, 0.717) is 32.7 Å². The van der Waals surface area contributed by atoms with Crippen LogP contribution in [0.4, 0.5) is 0 Å². The Kier molecular flexibility index (Phi) is 4.77. The number of carbonyl (C=O) groups is 1. The van der Waals surface area contributed by atoms with Crippen LogP contribution >= 0.6 is 11.3 Å². The normalized spacial score (nSPS) is 26.6. The Hall–Kier alpha value is -1.02. The maximum Gasteiger partial charge on any atom is 0.228 e. The molecule has 2 fully saturated rings. The van der Waals surface area contributed by atoms with Crippen molar-refractivity contribution in [3.05, 3.63) is 15.6 Å². The number of thiazole rings is 1. The third-order valence-corrected chi connectivity index (χ3v) is 5.51. The summed E-state index contributed by atoms with van der Waals surface area (Å²) in [5.74, 6) is 0.0848. The summed E-state index contributed by atoms with van der Waals surface area (Å²) in [6.45, 7) is 8.01. The number of aliphatic hydroxyl groups excluding tert-OH is 1. The van der Waals surface area contributed by atoms with Crippen LogP contribution in [0.5, 0.6) is 0 Å². The first-order valence-corrected chi connectivity index (χ1v) is 8.57. The maximum atomic E-state index is 12.5. The van der Waals surface area contributed by atoms with Gasteiger partial charge in [-0.3, -0.25) is 9.69 Å². The fraction of sp³-hybridized carbons (Fsp3) is 0.733. The van der Waals surface area contributed by atoms with Gasteiger partial charge in [-0.05, 0) is 13.8 Å². The lowest BCUT2D eigenvalue weighted by molar-refractivity contribution is -0.129. The highest BCUT2D eigenvalue weighted by molar-refractivity contribution is 7.11. The van der Waals surface area contributed by atoms with E-state index in [9.17, 15) is 9.90 Å². The van der Waals surface area contributed by atoms with Gasteiger partial charge in [0, 0.05) is 31.1 Å². The number of ether oxygens (including phenoxy) is 1. The highest BCUT2D eigenvalue weighted by Gasteiger charge is 2.38. The van der Waals surface area contributed by atoms with Crippen molar-refractivity contribution in [2.45, 2.75) is 32.4 Å². The van der Waals surface area contributed by atoms with Crippen LogP contribution in [-0.2, 0) is 16.0 Å². The molecule has 2 atom stereocenters. The lowest BCUT2D eigenvalue weighted by atomic mass is 10.1. The van der Waals surface area contributed by atoms with E-state index in [1.54, 1.807) is 16.2 Å². The van der Waals surface area contributed by atoms with E-state index in [4.69, 9.17) is 4.74 Å². The van der Waals surface area contributed by atoms with Crippen LogP contribution in [0.2, 0.25) is 0 Å². The predicted molar refractivity (Wildman–Crippen MR) is 84.1 cm³/mol. The highest BCUT2D eigenvalue weighted by Crippen LogP contribution is 2.22. The molecule has 0 aliphatic carbocycles. The Labute approximate surface area is 134 Å². The molecule has 0 aromatic carbocycles. The number of amides is 1. The Balaban J connectivity index is 1.61. The van der Waals surface area contributed by atoms with E-state index < -0.39 is 6.10 Å². The minimum absolute atomic E-state index is 0.0390. The van der Waals surface area contributed by atoms with E-state index in [0.717, 1.165) is 28.7 Å². The molecule has 1 amide bonds. The fourth-order valence-corrected chi connectivity index (χ4v) is 4.16. The molecule has 0 unspecified atom stereocenters. The van der Waals surface area contributed by atoms with E-state index in [1.807, 2.05) is 13.8 Å². The molecular weight excluding hydrogens is 302 g/mol. The molecule has 6 nitrogen and oxygen atoms in total. The zero-order valence-electron chi connectivity index (χ0n) is 13.1. The summed E-state index contributed by atoms with van der Waals surface area (Å²) in [5.41, 5.74) is 0.945. The summed E-state index contributed by atoms with van der Waals surface area (Å²) < 4.78 is 5.35. The second-order valence-corrected chi connectivity index (χ2v) is 7.29. The molecule has 22 heavy (non-hydrogen) atoms. The number of likely N-dealkylation sites (tertiary alicyclic amines) is 1. The number of morpholine rings is 1. The van der Waals surface area contributed by atoms with Crippen LogP contribution in [0.3, 0.4) is 0 Å². The van der Waals surface area contributed by atoms with Crippen LogP contribution in [0.25, 0.3) is 0 Å². The molecule has 1 aromatic heterocycles. The number of aliphatic hydroxyl groups is 1. The molecule has 0 saturated carbocycles. The van der Waals surface area contributed by atoms with Crippen molar-refractivity contribution in [1.29, 1.82) is 0 Å². The number of aryl methyl sites for hydroxylation is 2. The first-order chi connectivity index (χ1) is 10.5. The van der Waals surface area contributed by atoms with Gasteiger partial charge in [0.25, 0.3) is 0 Å². The van der Waals surface area contributed by atoms with Crippen molar-refractivity contribution < 1.29 is 14.6 Å². The monoisotopic (exact) mass is 325 g/mol. The Morgan fingerprint density at radius 1 is 1.36 bits per heavy atom. The standard InChI is InChI=1S/C15H23N3O3S/c1-10-14(22-11(2)16-10)7-15(20)18-8-12(13(19)9-18)17-3-5-21-6-4-17/h12-13,19H,3-9H2,1-2H3/t12-,13-/m0/s1. The third-order valence-electron chi connectivity index (χ3n) is 4.44. The first-order valence-electron chi connectivity index (χ1n) is 7.75. The molecule has 7 heteroatoms. The molecule has 2 saturated heterocycles. The smallest absolute Gasteiger partial charge is 0.228 e. The van der Waals surface area contributed by atoms with Gasteiger partial charge in [-0.1, -0.05) is 0 Å². The average Bonchev–Trinajstić information content (AvgIpc) is 3.03. The Morgan fingerprint density at radius 2 is 2.09 bits per heavy atom. The van der Waals surface area contributed by atoms with Crippen LogP contribution in [0.15, 0.2) is 0 Å². The zero-order valence-corrected chi connectivity index (χ0v) is 13.9. The van der Waals surface area contributed by atoms with E-state index in [-0.39, 0.29) is 11.9 Å². The minimum Gasteiger partial charge on any atom is -0.390 e. The number of carbonyl (C=O) groups excluding carboxylic acids is 1. The van der Waals surface area contributed by atoms with Gasteiger partial charge in [0.15, 0.2) is 0 Å². The number of nitrogens with zero attached hydrogens (tertiary/aromatic N) is 3. The van der Waals surface area contributed by atoms with E-state index >= 15 is 0 Å². The summed E-state index contributed by atoms with van der Waals surface area (Å²) >= 11 is 1.58. The van der Waals surface area contributed by atoms with E-state index in [2.05, 4.69) is 9.88 Å². The van der Waals surface area contributed by atoms with Crippen molar-refractivity contribution in [2.75, 3.05) is 39.4 Å². The first kappa shape index (κ1) is 15.9. The lowest BCUT2D eigenvalue weighted by Crippen LogP contribution is -2.49. The molecule has 2 aliphatic rings. The number of hydrogen-bond acceptors (Lipinski definition) is 6. The quantitative estimate of drug-likeness (QED) is 0.860. The van der Waals surface area contributed by atoms with Gasteiger partial charge >= 0.3 is 0 Å². The van der Waals surface area contributed by atoms with Crippen LogP contribution in [0, 0.1) is 13.8 Å². The van der Waals surface area contributed by atoms with Gasteiger partial charge in [-0.15, -0.1) is 11.3 Å². The molecule has 2 aliphatic heterocycles. The summed E-state index contributed by atoms with van der Waals surface area (Å²) in [6.07, 6.45) is -0.0776. The number of aromatic nitrogens is 1. The number of hydrogen-bond donors (Lipinski definition) is 1. The molecule has 3 rings (SSSR count). The molecule has 3 heterocycles. The van der Waals surface area contributed by atoms with Crippen molar-refractivity contribution in [3.8, 4) is 0 Å². The molecule has 122 valence electrons. The topological polar surface area (TPSA) is 65.9 Å². The second kappa shape index (κ2) is 6.62. The zero-order chi connectivity index (χ0) is 15.7. The van der Waals surface area contributed by atoms with Crippen molar-refractivity contribution in [3.63, 3.8) is 0 Å². The Bertz CT molecular complexity index is 542. The van der Waals surface area contributed by atoms with Crippen LogP contribution < -0.4 is 0 Å². The SMILES string of the molecule is Cc1nc(C)c(CC(=O)N2C[C@H](O)[C@@H](N3CCOCC3)C2)s1.